The highest BCUT2D eigenvalue weighted by atomic mass is 35.5. The molecular weight excluding hydrogens is 250 g/mol. The Kier molecular flexibility index (Phi) is 6.58. The number of carbonyl (C=O) groups is 1. The molecule has 1 N–H and O–H groups in total. The SMILES string of the molecule is CCCCCCNc1ccc(Cl)cc1C(=O)OC. The van der Waals surface area contributed by atoms with Gasteiger partial charge in [-0.1, -0.05) is 37.8 Å². The lowest BCUT2D eigenvalue weighted by molar-refractivity contribution is 0.0602. The largest absolute Gasteiger partial charge is 0.465 e. The van der Waals surface area contributed by atoms with E-state index in [-0.39, 0.29) is 5.97 Å². The predicted octanol–water partition coefficient (Wildman–Crippen LogP) is 4.12. The van der Waals surface area contributed by atoms with E-state index in [2.05, 4.69) is 12.2 Å². The number of unbranched alkanes of at least 4 members (excludes halogenated alkanes) is 3. The Labute approximate surface area is 113 Å². The van der Waals surface area contributed by atoms with E-state index in [1.807, 2.05) is 6.07 Å². The summed E-state index contributed by atoms with van der Waals surface area (Å²) >= 11 is 5.88. The number of rotatable bonds is 7. The highest BCUT2D eigenvalue weighted by Crippen LogP contribution is 2.21. The maximum atomic E-state index is 11.6. The standard InChI is InChI=1S/C14H20ClNO2/c1-3-4-5-6-9-16-13-8-7-11(15)10-12(13)14(17)18-2/h7-8,10,16H,3-6,9H2,1-2H3. The second-order valence-electron chi connectivity index (χ2n) is 4.17. The highest BCUT2D eigenvalue weighted by Gasteiger charge is 2.11. The fourth-order valence-electron chi connectivity index (χ4n) is 1.72. The number of halogens is 1. The van der Waals surface area contributed by atoms with Gasteiger partial charge in [0.05, 0.1) is 12.7 Å². The molecule has 18 heavy (non-hydrogen) atoms. The number of esters is 1. The number of nitrogens with one attached hydrogen (secondary N) is 1. The van der Waals surface area contributed by atoms with Gasteiger partial charge in [0.1, 0.15) is 0 Å². The van der Waals surface area contributed by atoms with Crippen LogP contribution in [0.4, 0.5) is 5.69 Å². The zero-order valence-corrected chi connectivity index (χ0v) is 11.7. The number of benzene rings is 1. The molecule has 3 nitrogen and oxygen atoms in total. The van der Waals surface area contributed by atoms with Crippen molar-refractivity contribution < 1.29 is 9.53 Å². The molecule has 0 saturated heterocycles. The van der Waals surface area contributed by atoms with Crippen molar-refractivity contribution in [3.05, 3.63) is 28.8 Å². The van der Waals surface area contributed by atoms with Gasteiger partial charge in [-0.25, -0.2) is 4.79 Å². The summed E-state index contributed by atoms with van der Waals surface area (Å²) in [6.07, 6.45) is 4.75. The molecular formula is C14H20ClNO2. The lowest BCUT2D eigenvalue weighted by atomic mass is 10.1. The predicted molar refractivity (Wildman–Crippen MR) is 75.4 cm³/mol. The fraction of sp³-hybridized carbons (Fsp3) is 0.500. The van der Waals surface area contributed by atoms with Gasteiger partial charge in [-0.05, 0) is 24.6 Å². The van der Waals surface area contributed by atoms with Gasteiger partial charge in [-0.3, -0.25) is 0 Å². The molecule has 4 heteroatoms. The highest BCUT2D eigenvalue weighted by molar-refractivity contribution is 6.31. The molecule has 1 rings (SSSR count). The summed E-state index contributed by atoms with van der Waals surface area (Å²) in [4.78, 5) is 11.6. The lowest BCUT2D eigenvalue weighted by Crippen LogP contribution is -2.09. The summed E-state index contributed by atoms with van der Waals surface area (Å²) < 4.78 is 4.74. The summed E-state index contributed by atoms with van der Waals surface area (Å²) in [6, 6.07) is 5.21. The van der Waals surface area contributed by atoms with E-state index in [4.69, 9.17) is 16.3 Å². The van der Waals surface area contributed by atoms with Gasteiger partial charge in [-0.2, -0.15) is 0 Å². The van der Waals surface area contributed by atoms with Gasteiger partial charge >= 0.3 is 5.97 Å². The van der Waals surface area contributed by atoms with Crippen molar-refractivity contribution in [2.24, 2.45) is 0 Å². The quantitative estimate of drug-likeness (QED) is 0.598. The Morgan fingerprint density at radius 1 is 1.33 bits per heavy atom. The van der Waals surface area contributed by atoms with Crippen molar-refractivity contribution in [1.82, 2.24) is 0 Å². The van der Waals surface area contributed by atoms with Gasteiger partial charge < -0.3 is 10.1 Å². The van der Waals surface area contributed by atoms with Crippen LogP contribution in [0, 0.1) is 0 Å². The third-order valence-electron chi connectivity index (χ3n) is 2.73. The van der Waals surface area contributed by atoms with Crippen molar-refractivity contribution in [1.29, 1.82) is 0 Å². The van der Waals surface area contributed by atoms with Crippen molar-refractivity contribution >= 4 is 23.3 Å². The summed E-state index contributed by atoms with van der Waals surface area (Å²) in [5.74, 6) is -0.367. The Morgan fingerprint density at radius 2 is 2.11 bits per heavy atom. The average Bonchev–Trinajstić information content (AvgIpc) is 2.39. The molecule has 0 aromatic heterocycles. The molecule has 0 unspecified atom stereocenters. The van der Waals surface area contributed by atoms with Crippen LogP contribution in [0.5, 0.6) is 0 Å². The minimum absolute atomic E-state index is 0.367. The molecule has 0 aliphatic heterocycles. The first kappa shape index (κ1) is 14.8. The summed E-state index contributed by atoms with van der Waals surface area (Å²) in [6.45, 7) is 3.04. The molecule has 0 saturated carbocycles. The molecule has 0 aliphatic carbocycles. The third-order valence-corrected chi connectivity index (χ3v) is 2.97. The van der Waals surface area contributed by atoms with E-state index in [1.54, 1.807) is 12.1 Å². The summed E-state index contributed by atoms with van der Waals surface area (Å²) in [7, 11) is 1.37. The van der Waals surface area contributed by atoms with Gasteiger partial charge in [0.25, 0.3) is 0 Å². The van der Waals surface area contributed by atoms with E-state index in [1.165, 1.54) is 26.4 Å². The molecule has 0 radical (unpaired) electrons. The smallest absolute Gasteiger partial charge is 0.340 e. The number of hydrogen-bond acceptors (Lipinski definition) is 3. The van der Waals surface area contributed by atoms with Crippen LogP contribution in [0.3, 0.4) is 0 Å². The van der Waals surface area contributed by atoms with Crippen LogP contribution < -0.4 is 5.32 Å². The number of methoxy groups -OCH3 is 1. The zero-order valence-electron chi connectivity index (χ0n) is 11.0. The maximum Gasteiger partial charge on any atom is 0.340 e. The van der Waals surface area contributed by atoms with Crippen LogP contribution in [0.2, 0.25) is 5.02 Å². The lowest BCUT2D eigenvalue weighted by Gasteiger charge is -2.11. The van der Waals surface area contributed by atoms with Crippen molar-refractivity contribution in [2.45, 2.75) is 32.6 Å². The fourth-order valence-corrected chi connectivity index (χ4v) is 1.90. The molecule has 0 fully saturated rings. The molecule has 0 atom stereocenters. The molecule has 0 heterocycles. The second-order valence-corrected chi connectivity index (χ2v) is 4.61. The Balaban J connectivity index is 2.61. The number of carbonyl (C=O) groups excluding carboxylic acids is 1. The molecule has 100 valence electrons. The molecule has 0 amide bonds. The minimum atomic E-state index is -0.367. The Hall–Kier alpha value is -1.22. The normalized spacial score (nSPS) is 10.2. The van der Waals surface area contributed by atoms with Gasteiger partial charge in [-0.15, -0.1) is 0 Å². The van der Waals surface area contributed by atoms with E-state index in [0.717, 1.165) is 18.7 Å². The number of ether oxygens (including phenoxy) is 1. The van der Waals surface area contributed by atoms with Crippen LogP contribution in [-0.2, 0) is 4.74 Å². The first-order chi connectivity index (χ1) is 8.69. The Bertz CT molecular complexity index is 393. The van der Waals surface area contributed by atoms with Crippen LogP contribution >= 0.6 is 11.6 Å². The van der Waals surface area contributed by atoms with Gasteiger partial charge in [0, 0.05) is 17.3 Å². The van der Waals surface area contributed by atoms with Crippen molar-refractivity contribution in [3.63, 3.8) is 0 Å². The average molecular weight is 270 g/mol. The first-order valence-corrected chi connectivity index (χ1v) is 6.68. The minimum Gasteiger partial charge on any atom is -0.465 e. The van der Waals surface area contributed by atoms with Crippen molar-refractivity contribution in [3.8, 4) is 0 Å². The third kappa shape index (κ3) is 4.57. The van der Waals surface area contributed by atoms with E-state index in [0.29, 0.717) is 10.6 Å². The van der Waals surface area contributed by atoms with Gasteiger partial charge in [0.2, 0.25) is 0 Å². The maximum absolute atomic E-state index is 11.6. The van der Waals surface area contributed by atoms with E-state index in [9.17, 15) is 4.79 Å². The topological polar surface area (TPSA) is 38.3 Å². The van der Waals surface area contributed by atoms with E-state index >= 15 is 0 Å². The van der Waals surface area contributed by atoms with Crippen LogP contribution in [-0.4, -0.2) is 19.6 Å². The zero-order chi connectivity index (χ0) is 13.4. The molecule has 1 aromatic carbocycles. The van der Waals surface area contributed by atoms with E-state index < -0.39 is 0 Å². The molecule has 0 aliphatic rings. The summed E-state index contributed by atoms with van der Waals surface area (Å²) in [5.41, 5.74) is 1.27. The second kappa shape index (κ2) is 7.98. The molecule has 1 aromatic rings. The van der Waals surface area contributed by atoms with Crippen LogP contribution in [0.15, 0.2) is 18.2 Å². The van der Waals surface area contributed by atoms with Crippen molar-refractivity contribution in [2.75, 3.05) is 19.0 Å². The summed E-state index contributed by atoms with van der Waals surface area (Å²) in [5, 5.41) is 3.79. The monoisotopic (exact) mass is 269 g/mol. The molecule has 0 bridgehead atoms. The number of hydrogen-bond donors (Lipinski definition) is 1. The number of anilines is 1. The van der Waals surface area contributed by atoms with Crippen LogP contribution in [0.1, 0.15) is 43.0 Å². The first-order valence-electron chi connectivity index (χ1n) is 6.30. The Morgan fingerprint density at radius 3 is 2.78 bits per heavy atom. The van der Waals surface area contributed by atoms with Gasteiger partial charge in [0.15, 0.2) is 0 Å². The van der Waals surface area contributed by atoms with Crippen LogP contribution in [0.25, 0.3) is 0 Å². The molecule has 0 spiro atoms.